The van der Waals surface area contributed by atoms with Gasteiger partial charge in [-0.05, 0) is 33.6 Å². The standard InChI is InChI=1S/C13H23N3/c1-12(2,3)11-10(9-7-8-9)16(15-14-11)13(4,5)6/h9H,7-8H2,1-6H3. The van der Waals surface area contributed by atoms with Gasteiger partial charge >= 0.3 is 0 Å². The SMILES string of the molecule is CC(C)(C)c1nnn(C(C)(C)C)c1C1CC1. The molecule has 1 aromatic rings. The second-order valence-electron chi connectivity index (χ2n) is 6.93. The summed E-state index contributed by atoms with van der Waals surface area (Å²) in [4.78, 5) is 0. The van der Waals surface area contributed by atoms with Crippen molar-refractivity contribution < 1.29 is 0 Å². The predicted molar refractivity (Wildman–Crippen MR) is 65.7 cm³/mol. The predicted octanol–water partition coefficient (Wildman–Crippen LogP) is 3.21. The van der Waals surface area contributed by atoms with Gasteiger partial charge in [-0.2, -0.15) is 0 Å². The first-order chi connectivity index (χ1) is 7.21. The molecule has 0 atom stereocenters. The highest BCUT2D eigenvalue weighted by Crippen LogP contribution is 2.44. The minimum absolute atomic E-state index is 0.0361. The summed E-state index contributed by atoms with van der Waals surface area (Å²) in [6.07, 6.45) is 2.60. The molecule has 3 heteroatoms. The molecule has 0 aliphatic heterocycles. The van der Waals surface area contributed by atoms with Crippen molar-refractivity contribution in [3.8, 4) is 0 Å². The van der Waals surface area contributed by atoms with Crippen LogP contribution < -0.4 is 0 Å². The quantitative estimate of drug-likeness (QED) is 0.729. The molecule has 1 fully saturated rings. The van der Waals surface area contributed by atoms with Crippen LogP contribution in [0.3, 0.4) is 0 Å². The van der Waals surface area contributed by atoms with Gasteiger partial charge in [0.15, 0.2) is 0 Å². The molecule has 0 saturated heterocycles. The fourth-order valence-corrected chi connectivity index (χ4v) is 2.04. The van der Waals surface area contributed by atoms with Crippen molar-refractivity contribution in [1.82, 2.24) is 15.0 Å². The molecule has 0 spiro atoms. The van der Waals surface area contributed by atoms with E-state index in [1.54, 1.807) is 0 Å². The van der Waals surface area contributed by atoms with E-state index < -0.39 is 0 Å². The number of hydrogen-bond acceptors (Lipinski definition) is 2. The van der Waals surface area contributed by atoms with Crippen molar-refractivity contribution >= 4 is 0 Å². The second kappa shape index (κ2) is 3.31. The van der Waals surface area contributed by atoms with Crippen molar-refractivity contribution in [3.05, 3.63) is 11.4 Å². The monoisotopic (exact) mass is 221 g/mol. The Bertz CT molecular complexity index is 355. The maximum atomic E-state index is 4.43. The maximum Gasteiger partial charge on any atom is 0.0915 e. The van der Waals surface area contributed by atoms with E-state index in [4.69, 9.17) is 0 Å². The van der Waals surface area contributed by atoms with Crippen LogP contribution in [0, 0.1) is 0 Å². The van der Waals surface area contributed by atoms with Gasteiger partial charge in [0.05, 0.1) is 16.9 Å². The largest absolute Gasteiger partial charge is 0.244 e. The first kappa shape index (κ1) is 11.6. The van der Waals surface area contributed by atoms with Gasteiger partial charge < -0.3 is 0 Å². The van der Waals surface area contributed by atoms with Gasteiger partial charge in [0.2, 0.25) is 0 Å². The van der Waals surface area contributed by atoms with Gasteiger partial charge in [-0.25, -0.2) is 4.68 Å². The minimum Gasteiger partial charge on any atom is -0.244 e. The van der Waals surface area contributed by atoms with Crippen LogP contribution in [0.5, 0.6) is 0 Å². The second-order valence-corrected chi connectivity index (χ2v) is 6.93. The van der Waals surface area contributed by atoms with E-state index in [0.717, 1.165) is 0 Å². The molecule has 1 aliphatic rings. The summed E-state index contributed by atoms with van der Waals surface area (Å²) in [5.74, 6) is 0.698. The summed E-state index contributed by atoms with van der Waals surface area (Å²) < 4.78 is 2.13. The molecule has 1 aliphatic carbocycles. The number of hydrogen-bond donors (Lipinski definition) is 0. The molecule has 16 heavy (non-hydrogen) atoms. The lowest BCUT2D eigenvalue weighted by molar-refractivity contribution is 0.335. The molecule has 1 saturated carbocycles. The zero-order chi connectivity index (χ0) is 12.1. The molecular formula is C13H23N3. The van der Waals surface area contributed by atoms with E-state index in [0.29, 0.717) is 5.92 Å². The molecule has 3 nitrogen and oxygen atoms in total. The van der Waals surface area contributed by atoms with E-state index >= 15 is 0 Å². The summed E-state index contributed by atoms with van der Waals surface area (Å²) in [5, 5.41) is 8.81. The molecule has 0 aromatic carbocycles. The topological polar surface area (TPSA) is 30.7 Å². The Hall–Kier alpha value is -0.860. The molecule has 0 bridgehead atoms. The van der Waals surface area contributed by atoms with Crippen LogP contribution in [0.25, 0.3) is 0 Å². The molecule has 0 N–H and O–H groups in total. The van der Waals surface area contributed by atoms with E-state index in [1.165, 1.54) is 24.2 Å². The van der Waals surface area contributed by atoms with Gasteiger partial charge in [0.25, 0.3) is 0 Å². The van der Waals surface area contributed by atoms with Gasteiger partial charge in [0.1, 0.15) is 0 Å². The van der Waals surface area contributed by atoms with Crippen LogP contribution in [0.1, 0.15) is 71.7 Å². The Morgan fingerprint density at radius 3 is 2.00 bits per heavy atom. The van der Waals surface area contributed by atoms with Crippen LogP contribution >= 0.6 is 0 Å². The van der Waals surface area contributed by atoms with E-state index in [1.807, 2.05) is 0 Å². The Balaban J connectivity index is 2.53. The van der Waals surface area contributed by atoms with Crippen molar-refractivity contribution in [3.63, 3.8) is 0 Å². The number of aromatic nitrogens is 3. The van der Waals surface area contributed by atoms with Crippen LogP contribution in [0.15, 0.2) is 0 Å². The number of rotatable bonds is 1. The lowest BCUT2D eigenvalue weighted by atomic mass is 9.89. The third-order valence-corrected chi connectivity index (χ3v) is 3.01. The lowest BCUT2D eigenvalue weighted by Crippen LogP contribution is -2.26. The van der Waals surface area contributed by atoms with Gasteiger partial charge in [-0.15, -0.1) is 5.10 Å². The Morgan fingerprint density at radius 2 is 1.62 bits per heavy atom. The molecule has 0 amide bonds. The average molecular weight is 221 g/mol. The van der Waals surface area contributed by atoms with Gasteiger partial charge in [-0.3, -0.25) is 0 Å². The minimum atomic E-state index is 0.0361. The molecule has 1 aromatic heterocycles. The third-order valence-electron chi connectivity index (χ3n) is 3.01. The first-order valence-corrected chi connectivity index (χ1v) is 6.18. The maximum absolute atomic E-state index is 4.43. The zero-order valence-electron chi connectivity index (χ0n) is 11.3. The molecule has 1 heterocycles. The molecule has 2 rings (SSSR count). The van der Waals surface area contributed by atoms with Crippen LogP contribution in [-0.2, 0) is 11.0 Å². The molecule has 0 radical (unpaired) electrons. The highest BCUT2D eigenvalue weighted by molar-refractivity contribution is 5.27. The number of nitrogens with zero attached hydrogens (tertiary/aromatic N) is 3. The van der Waals surface area contributed by atoms with E-state index in [-0.39, 0.29) is 11.0 Å². The molecule has 90 valence electrons. The Morgan fingerprint density at radius 1 is 1.06 bits per heavy atom. The highest BCUT2D eigenvalue weighted by Gasteiger charge is 2.37. The Kier molecular flexibility index (Phi) is 2.41. The van der Waals surface area contributed by atoms with E-state index in [9.17, 15) is 0 Å². The fourth-order valence-electron chi connectivity index (χ4n) is 2.04. The summed E-state index contributed by atoms with van der Waals surface area (Å²) in [6.45, 7) is 13.2. The molecule has 0 unspecified atom stereocenters. The summed E-state index contributed by atoms with van der Waals surface area (Å²) >= 11 is 0. The van der Waals surface area contributed by atoms with Crippen LogP contribution in [0.2, 0.25) is 0 Å². The van der Waals surface area contributed by atoms with Gasteiger partial charge in [-0.1, -0.05) is 26.0 Å². The smallest absolute Gasteiger partial charge is 0.0915 e. The lowest BCUT2D eigenvalue weighted by Gasteiger charge is -2.24. The van der Waals surface area contributed by atoms with Crippen molar-refractivity contribution in [1.29, 1.82) is 0 Å². The summed E-state index contributed by atoms with van der Waals surface area (Å²) in [7, 11) is 0. The summed E-state index contributed by atoms with van der Waals surface area (Å²) in [5.41, 5.74) is 2.69. The van der Waals surface area contributed by atoms with Crippen LogP contribution in [0.4, 0.5) is 0 Å². The fraction of sp³-hybridized carbons (Fsp3) is 0.846. The van der Waals surface area contributed by atoms with E-state index in [2.05, 4.69) is 56.5 Å². The van der Waals surface area contributed by atoms with Crippen molar-refractivity contribution in [2.24, 2.45) is 0 Å². The van der Waals surface area contributed by atoms with Crippen molar-refractivity contribution in [2.75, 3.05) is 0 Å². The highest BCUT2D eigenvalue weighted by atomic mass is 15.5. The first-order valence-electron chi connectivity index (χ1n) is 6.18. The third kappa shape index (κ3) is 2.00. The van der Waals surface area contributed by atoms with Crippen LogP contribution in [-0.4, -0.2) is 15.0 Å². The zero-order valence-corrected chi connectivity index (χ0v) is 11.3. The summed E-state index contributed by atoms with van der Waals surface area (Å²) in [6, 6.07) is 0. The van der Waals surface area contributed by atoms with Gasteiger partial charge in [0, 0.05) is 11.3 Å². The average Bonchev–Trinajstić information content (AvgIpc) is 2.79. The normalized spacial score (nSPS) is 17.9. The Labute approximate surface area is 98.2 Å². The van der Waals surface area contributed by atoms with Crippen molar-refractivity contribution in [2.45, 2.75) is 71.3 Å². The molecular weight excluding hydrogens is 198 g/mol.